The molecule has 1 aliphatic heterocycles. The number of fused-ring (bicyclic) bond motifs is 1. The van der Waals surface area contributed by atoms with E-state index in [1.165, 1.54) is 11.2 Å². The number of ether oxygens (including phenoxy) is 2. The first-order valence-corrected chi connectivity index (χ1v) is 14.2. The number of carbonyl (C=O) groups is 1. The van der Waals surface area contributed by atoms with Crippen molar-refractivity contribution in [2.24, 2.45) is 0 Å². The molecule has 1 N–H and O–H groups in total. The summed E-state index contributed by atoms with van der Waals surface area (Å²) in [5.41, 5.74) is 2.78. The van der Waals surface area contributed by atoms with Gasteiger partial charge in [-0.3, -0.25) is 14.4 Å². The van der Waals surface area contributed by atoms with Gasteiger partial charge in [0.2, 0.25) is 11.8 Å². The zero-order valence-corrected chi connectivity index (χ0v) is 24.6. The molecule has 0 unspecified atom stereocenters. The highest BCUT2D eigenvalue weighted by molar-refractivity contribution is 5.92. The highest BCUT2D eigenvalue weighted by Gasteiger charge is 2.33. The molecule has 0 atom stereocenters. The largest absolute Gasteiger partial charge is 0.490 e. The van der Waals surface area contributed by atoms with Crippen molar-refractivity contribution in [2.45, 2.75) is 64.8 Å². The standard InChI is InChI=1S/C31H35F3N6O3/c1-20-13-21(14-28(41)38-22-16-37-40(17-22)30(2,3)4)5-8-27(20)43-29-25-15-24(6-7-26(25)35-19-36-29)42-23-9-11-39(12-10-23)18-31(32,33)34/h5-8,13,15-17,19,23H,9-12,14,18H2,1-4H3,(H,38,41). The maximum absolute atomic E-state index is 12.7. The second-order valence-corrected chi connectivity index (χ2v) is 11.8. The van der Waals surface area contributed by atoms with Crippen LogP contribution in [0, 0.1) is 6.92 Å². The molecule has 0 saturated carbocycles. The first-order chi connectivity index (χ1) is 20.3. The van der Waals surface area contributed by atoms with Crippen LogP contribution in [0.4, 0.5) is 18.9 Å². The molecule has 43 heavy (non-hydrogen) atoms. The van der Waals surface area contributed by atoms with Gasteiger partial charge >= 0.3 is 6.18 Å². The highest BCUT2D eigenvalue weighted by atomic mass is 19.4. The molecule has 0 aliphatic carbocycles. The lowest BCUT2D eigenvalue weighted by Crippen LogP contribution is -2.42. The van der Waals surface area contributed by atoms with E-state index in [9.17, 15) is 18.0 Å². The minimum atomic E-state index is -4.20. The predicted molar refractivity (Wildman–Crippen MR) is 156 cm³/mol. The molecule has 1 fully saturated rings. The Hall–Kier alpha value is -4.19. The van der Waals surface area contributed by atoms with Gasteiger partial charge in [0.25, 0.3) is 0 Å². The molecular weight excluding hydrogens is 561 g/mol. The van der Waals surface area contributed by atoms with Crippen LogP contribution in [0.25, 0.3) is 10.9 Å². The summed E-state index contributed by atoms with van der Waals surface area (Å²) >= 11 is 0. The molecule has 4 aromatic rings. The van der Waals surface area contributed by atoms with E-state index in [4.69, 9.17) is 9.47 Å². The normalized spacial score (nSPS) is 15.0. The topological polar surface area (TPSA) is 94.4 Å². The number of nitrogens with zero attached hydrogens (tertiary/aromatic N) is 5. The Morgan fingerprint density at radius 3 is 2.51 bits per heavy atom. The number of halogens is 3. The van der Waals surface area contributed by atoms with Crippen LogP contribution in [0.15, 0.2) is 55.1 Å². The molecule has 5 rings (SSSR count). The average molecular weight is 597 g/mol. The summed E-state index contributed by atoms with van der Waals surface area (Å²) in [7, 11) is 0. The number of aryl methyl sites for hydroxylation is 1. The van der Waals surface area contributed by atoms with E-state index < -0.39 is 12.7 Å². The molecule has 2 aromatic heterocycles. The van der Waals surface area contributed by atoms with Gasteiger partial charge in [-0.15, -0.1) is 0 Å². The van der Waals surface area contributed by atoms with Crippen LogP contribution in [0.2, 0.25) is 0 Å². The number of piperidine rings is 1. The molecule has 0 spiro atoms. The molecule has 0 radical (unpaired) electrons. The van der Waals surface area contributed by atoms with E-state index in [1.807, 2.05) is 46.0 Å². The van der Waals surface area contributed by atoms with Crippen molar-refractivity contribution in [2.75, 3.05) is 25.0 Å². The van der Waals surface area contributed by atoms with E-state index in [2.05, 4.69) is 20.4 Å². The van der Waals surface area contributed by atoms with Gasteiger partial charge in [-0.2, -0.15) is 18.3 Å². The zero-order chi connectivity index (χ0) is 30.8. The first kappa shape index (κ1) is 30.3. The Morgan fingerprint density at radius 2 is 1.84 bits per heavy atom. The summed E-state index contributed by atoms with van der Waals surface area (Å²) in [5.74, 6) is 1.35. The Bertz CT molecular complexity index is 1590. The summed E-state index contributed by atoms with van der Waals surface area (Å²) in [4.78, 5) is 22.7. The predicted octanol–water partition coefficient (Wildman–Crippen LogP) is 6.27. The van der Waals surface area contributed by atoms with Crippen LogP contribution in [0.1, 0.15) is 44.7 Å². The molecule has 12 heteroatoms. The van der Waals surface area contributed by atoms with Crippen molar-refractivity contribution in [3.05, 3.63) is 66.2 Å². The van der Waals surface area contributed by atoms with Crippen LogP contribution >= 0.6 is 0 Å². The van der Waals surface area contributed by atoms with Gasteiger partial charge in [0.1, 0.15) is 23.9 Å². The number of nitrogens with one attached hydrogen (secondary N) is 1. The van der Waals surface area contributed by atoms with Crippen LogP contribution in [0.3, 0.4) is 0 Å². The third-order valence-corrected chi connectivity index (χ3v) is 7.17. The van der Waals surface area contributed by atoms with Crippen molar-refractivity contribution < 1.29 is 27.4 Å². The number of carbonyl (C=O) groups excluding carboxylic acids is 1. The second kappa shape index (κ2) is 12.2. The minimum Gasteiger partial charge on any atom is -0.490 e. The molecule has 9 nitrogen and oxygen atoms in total. The van der Waals surface area contributed by atoms with Gasteiger partial charge in [0.05, 0.1) is 41.3 Å². The van der Waals surface area contributed by atoms with E-state index in [0.29, 0.717) is 59.9 Å². The fraction of sp³-hybridized carbons (Fsp3) is 0.419. The number of benzene rings is 2. The fourth-order valence-electron chi connectivity index (χ4n) is 4.98. The summed E-state index contributed by atoms with van der Waals surface area (Å²) in [6, 6.07) is 10.9. The van der Waals surface area contributed by atoms with Gasteiger partial charge < -0.3 is 14.8 Å². The summed E-state index contributed by atoms with van der Waals surface area (Å²) < 4.78 is 52.2. The van der Waals surface area contributed by atoms with Crippen LogP contribution < -0.4 is 14.8 Å². The van der Waals surface area contributed by atoms with Crippen molar-refractivity contribution in [3.8, 4) is 17.4 Å². The van der Waals surface area contributed by atoms with Crippen LogP contribution in [0.5, 0.6) is 17.4 Å². The molecule has 2 aromatic carbocycles. The van der Waals surface area contributed by atoms with E-state index >= 15 is 0 Å². The number of rotatable bonds is 8. The lowest BCUT2D eigenvalue weighted by Gasteiger charge is -2.32. The number of hydrogen-bond acceptors (Lipinski definition) is 7. The van der Waals surface area contributed by atoms with Gasteiger partial charge in [-0.25, -0.2) is 9.97 Å². The fourth-order valence-corrected chi connectivity index (χ4v) is 4.98. The Balaban J connectivity index is 1.23. The average Bonchev–Trinajstić information content (AvgIpc) is 3.40. The molecule has 1 aliphatic rings. The van der Waals surface area contributed by atoms with Gasteiger partial charge in [0.15, 0.2) is 0 Å². The van der Waals surface area contributed by atoms with Crippen LogP contribution in [-0.4, -0.2) is 62.5 Å². The minimum absolute atomic E-state index is 0.151. The smallest absolute Gasteiger partial charge is 0.401 e. The third-order valence-electron chi connectivity index (χ3n) is 7.17. The Labute approximate surface area is 248 Å². The third kappa shape index (κ3) is 8.01. The lowest BCUT2D eigenvalue weighted by molar-refractivity contribution is -0.149. The molecule has 228 valence electrons. The highest BCUT2D eigenvalue weighted by Crippen LogP contribution is 2.32. The van der Waals surface area contributed by atoms with Gasteiger partial charge in [-0.05, 0) is 75.9 Å². The van der Waals surface area contributed by atoms with E-state index in [0.717, 1.165) is 11.1 Å². The number of hydrogen-bond donors (Lipinski definition) is 1. The number of aromatic nitrogens is 4. The summed E-state index contributed by atoms with van der Waals surface area (Å²) in [5, 5.41) is 7.85. The van der Waals surface area contributed by atoms with Gasteiger partial charge in [-0.1, -0.05) is 12.1 Å². The first-order valence-electron chi connectivity index (χ1n) is 14.2. The number of amides is 1. The number of likely N-dealkylation sites (tertiary alicyclic amines) is 1. The molecule has 0 bridgehead atoms. The molecule has 3 heterocycles. The second-order valence-electron chi connectivity index (χ2n) is 11.8. The SMILES string of the molecule is Cc1cc(CC(=O)Nc2cnn(C(C)(C)C)c2)ccc1Oc1ncnc2ccc(OC3CCN(CC(F)(F)F)CC3)cc12. The van der Waals surface area contributed by atoms with Gasteiger partial charge in [0, 0.05) is 19.3 Å². The van der Waals surface area contributed by atoms with Crippen molar-refractivity contribution in [1.29, 1.82) is 0 Å². The van der Waals surface area contributed by atoms with Crippen molar-refractivity contribution in [1.82, 2.24) is 24.6 Å². The quantitative estimate of drug-likeness (QED) is 0.256. The monoisotopic (exact) mass is 596 g/mol. The number of anilines is 1. The summed E-state index contributed by atoms with van der Waals surface area (Å²) in [6.45, 7) is 7.76. The Kier molecular flexibility index (Phi) is 8.59. The van der Waals surface area contributed by atoms with Crippen molar-refractivity contribution in [3.63, 3.8) is 0 Å². The molecule has 1 saturated heterocycles. The maximum atomic E-state index is 12.7. The molecule has 1 amide bonds. The Morgan fingerprint density at radius 1 is 1.07 bits per heavy atom. The van der Waals surface area contributed by atoms with Crippen molar-refractivity contribution >= 4 is 22.5 Å². The zero-order valence-electron chi connectivity index (χ0n) is 24.6. The van der Waals surface area contributed by atoms with E-state index in [-0.39, 0.29) is 24.0 Å². The maximum Gasteiger partial charge on any atom is 0.401 e. The number of alkyl halides is 3. The van der Waals surface area contributed by atoms with E-state index in [1.54, 1.807) is 35.1 Å². The summed E-state index contributed by atoms with van der Waals surface area (Å²) in [6.07, 6.45) is 1.68. The molecular formula is C31H35F3N6O3. The van der Waals surface area contributed by atoms with Crippen LogP contribution in [-0.2, 0) is 16.8 Å². The lowest BCUT2D eigenvalue weighted by atomic mass is 10.1.